The first-order valence-corrected chi connectivity index (χ1v) is 5.83. The number of aryl methyl sites for hydroxylation is 1. The van der Waals surface area contributed by atoms with Gasteiger partial charge in [-0.3, -0.25) is 0 Å². The second-order valence-electron chi connectivity index (χ2n) is 4.29. The van der Waals surface area contributed by atoms with Crippen molar-refractivity contribution in [1.82, 2.24) is 0 Å². The van der Waals surface area contributed by atoms with E-state index in [2.05, 4.69) is 0 Å². The molecule has 0 atom stereocenters. The lowest BCUT2D eigenvalue weighted by Crippen LogP contribution is -2.16. The Bertz CT molecular complexity index is 625. The number of aromatic carboxylic acids is 1. The number of halogens is 1. The molecule has 0 aliphatic heterocycles. The van der Waals surface area contributed by atoms with Crippen LogP contribution in [0.5, 0.6) is 0 Å². The highest BCUT2D eigenvalue weighted by molar-refractivity contribution is 5.95. The second kappa shape index (κ2) is 5.10. The molecule has 0 saturated heterocycles. The maximum Gasteiger partial charge on any atom is 0.337 e. The zero-order chi connectivity index (χ0) is 14.0. The highest BCUT2D eigenvalue weighted by Crippen LogP contribution is 2.31. The Labute approximate surface area is 110 Å². The molecule has 0 heterocycles. The Hall–Kier alpha value is -2.36. The Morgan fingerprint density at radius 1 is 1.16 bits per heavy atom. The molecule has 1 N–H and O–H groups in total. The third-order valence-corrected chi connectivity index (χ3v) is 3.03. The lowest BCUT2D eigenvalue weighted by atomic mass is 10.1. The van der Waals surface area contributed by atoms with Crippen molar-refractivity contribution in [2.75, 3.05) is 11.9 Å². The first kappa shape index (κ1) is 13.1. The van der Waals surface area contributed by atoms with Crippen molar-refractivity contribution in [2.24, 2.45) is 0 Å². The molecule has 0 aliphatic rings. The van der Waals surface area contributed by atoms with E-state index in [4.69, 9.17) is 5.11 Å². The molecule has 2 aromatic carbocycles. The third kappa shape index (κ3) is 2.42. The van der Waals surface area contributed by atoms with Gasteiger partial charge in [-0.1, -0.05) is 24.3 Å². The average Bonchev–Trinajstić information content (AvgIpc) is 2.38. The smallest absolute Gasteiger partial charge is 0.337 e. The summed E-state index contributed by atoms with van der Waals surface area (Å²) in [4.78, 5) is 12.8. The summed E-state index contributed by atoms with van der Waals surface area (Å²) < 4.78 is 14.0. The van der Waals surface area contributed by atoms with E-state index in [-0.39, 0.29) is 11.3 Å². The molecule has 4 heteroatoms. The van der Waals surface area contributed by atoms with Crippen molar-refractivity contribution in [3.05, 3.63) is 59.4 Å². The van der Waals surface area contributed by atoms with Gasteiger partial charge in [-0.05, 0) is 30.7 Å². The Morgan fingerprint density at radius 2 is 1.84 bits per heavy atom. The zero-order valence-electron chi connectivity index (χ0n) is 10.7. The maximum atomic E-state index is 14.0. The fourth-order valence-electron chi connectivity index (χ4n) is 2.09. The van der Waals surface area contributed by atoms with Crippen LogP contribution in [0.3, 0.4) is 0 Å². The molecule has 0 bridgehead atoms. The lowest BCUT2D eigenvalue weighted by Gasteiger charge is -2.23. The number of hydrogen-bond donors (Lipinski definition) is 1. The largest absolute Gasteiger partial charge is 0.478 e. The molecule has 3 nitrogen and oxygen atoms in total. The number of para-hydroxylation sites is 2. The fourth-order valence-corrected chi connectivity index (χ4v) is 2.09. The second-order valence-corrected chi connectivity index (χ2v) is 4.29. The molecule has 0 fully saturated rings. The molecule has 0 amide bonds. The van der Waals surface area contributed by atoms with E-state index in [1.807, 2.05) is 31.2 Å². The lowest BCUT2D eigenvalue weighted by molar-refractivity contribution is 0.0697. The van der Waals surface area contributed by atoms with Gasteiger partial charge in [-0.25, -0.2) is 9.18 Å². The summed E-state index contributed by atoms with van der Waals surface area (Å²) in [5, 5.41) is 9.16. The summed E-state index contributed by atoms with van der Waals surface area (Å²) >= 11 is 0. The van der Waals surface area contributed by atoms with Gasteiger partial charge >= 0.3 is 5.97 Å². The predicted molar refractivity (Wildman–Crippen MR) is 72.6 cm³/mol. The molecule has 0 aliphatic carbocycles. The van der Waals surface area contributed by atoms with Gasteiger partial charge in [0.25, 0.3) is 0 Å². The minimum absolute atomic E-state index is 0.0502. The van der Waals surface area contributed by atoms with E-state index >= 15 is 0 Å². The monoisotopic (exact) mass is 259 g/mol. The molecule has 2 aromatic rings. The highest BCUT2D eigenvalue weighted by Gasteiger charge is 2.19. The standard InChI is InChI=1S/C15H14FNO2/c1-10-6-3-4-9-13(10)17(2)14-11(15(18)19)7-5-8-12(14)16/h3-9H,1-2H3,(H,18,19). The van der Waals surface area contributed by atoms with E-state index in [0.29, 0.717) is 0 Å². The van der Waals surface area contributed by atoms with Gasteiger partial charge in [-0.15, -0.1) is 0 Å². The van der Waals surface area contributed by atoms with E-state index < -0.39 is 11.8 Å². The fraction of sp³-hybridized carbons (Fsp3) is 0.133. The van der Waals surface area contributed by atoms with Gasteiger partial charge in [-0.2, -0.15) is 0 Å². The van der Waals surface area contributed by atoms with Crippen molar-refractivity contribution in [1.29, 1.82) is 0 Å². The summed E-state index contributed by atoms with van der Waals surface area (Å²) in [5.41, 5.74) is 1.75. The summed E-state index contributed by atoms with van der Waals surface area (Å²) in [6.45, 7) is 1.90. The van der Waals surface area contributed by atoms with Crippen LogP contribution in [0.15, 0.2) is 42.5 Å². The summed E-state index contributed by atoms with van der Waals surface area (Å²) in [6.07, 6.45) is 0. The van der Waals surface area contributed by atoms with E-state index in [1.165, 1.54) is 18.2 Å². The number of rotatable bonds is 3. The van der Waals surface area contributed by atoms with Crippen LogP contribution in [0.1, 0.15) is 15.9 Å². The SMILES string of the molecule is Cc1ccccc1N(C)c1c(F)cccc1C(=O)O. The van der Waals surface area contributed by atoms with Crippen molar-refractivity contribution in [2.45, 2.75) is 6.92 Å². The first-order chi connectivity index (χ1) is 9.02. The normalized spacial score (nSPS) is 10.3. The van der Waals surface area contributed by atoms with Crippen molar-refractivity contribution in [3.8, 4) is 0 Å². The minimum Gasteiger partial charge on any atom is -0.478 e. The van der Waals surface area contributed by atoms with Crippen LogP contribution in [-0.2, 0) is 0 Å². The number of carboxylic acid groups (broad SMARTS) is 1. The molecule has 0 aromatic heterocycles. The van der Waals surface area contributed by atoms with Crippen LogP contribution < -0.4 is 4.90 Å². The summed E-state index contributed by atoms with van der Waals surface area (Å²) in [7, 11) is 1.66. The molecule has 0 saturated carbocycles. The molecule has 19 heavy (non-hydrogen) atoms. The van der Waals surface area contributed by atoms with E-state index in [9.17, 15) is 9.18 Å². The molecule has 0 radical (unpaired) electrons. The molecular formula is C15H14FNO2. The van der Waals surface area contributed by atoms with Gasteiger partial charge in [0.15, 0.2) is 0 Å². The van der Waals surface area contributed by atoms with Gasteiger partial charge in [0.2, 0.25) is 0 Å². The number of benzene rings is 2. The maximum absolute atomic E-state index is 14.0. The highest BCUT2D eigenvalue weighted by atomic mass is 19.1. The molecule has 0 unspecified atom stereocenters. The number of carboxylic acids is 1. The van der Waals surface area contributed by atoms with Crippen LogP contribution in [-0.4, -0.2) is 18.1 Å². The van der Waals surface area contributed by atoms with Gasteiger partial charge in [0.05, 0.1) is 11.3 Å². The van der Waals surface area contributed by atoms with Crippen molar-refractivity contribution >= 4 is 17.3 Å². The molecule has 0 spiro atoms. The van der Waals surface area contributed by atoms with Crippen LogP contribution in [0.25, 0.3) is 0 Å². The van der Waals surface area contributed by atoms with E-state index in [1.54, 1.807) is 11.9 Å². The number of hydrogen-bond acceptors (Lipinski definition) is 2. The van der Waals surface area contributed by atoms with Crippen LogP contribution >= 0.6 is 0 Å². The Kier molecular flexibility index (Phi) is 3.51. The van der Waals surface area contributed by atoms with Gasteiger partial charge < -0.3 is 10.0 Å². The number of anilines is 2. The van der Waals surface area contributed by atoms with Crippen LogP contribution in [0.4, 0.5) is 15.8 Å². The quantitative estimate of drug-likeness (QED) is 0.915. The van der Waals surface area contributed by atoms with Crippen LogP contribution in [0.2, 0.25) is 0 Å². The third-order valence-electron chi connectivity index (χ3n) is 3.03. The van der Waals surface area contributed by atoms with Gasteiger partial charge in [0.1, 0.15) is 5.82 Å². The van der Waals surface area contributed by atoms with Gasteiger partial charge in [0, 0.05) is 12.7 Å². The molecule has 98 valence electrons. The Morgan fingerprint density at radius 3 is 2.47 bits per heavy atom. The minimum atomic E-state index is -1.14. The molecular weight excluding hydrogens is 245 g/mol. The topological polar surface area (TPSA) is 40.5 Å². The first-order valence-electron chi connectivity index (χ1n) is 5.83. The van der Waals surface area contributed by atoms with Crippen molar-refractivity contribution in [3.63, 3.8) is 0 Å². The van der Waals surface area contributed by atoms with E-state index in [0.717, 1.165) is 11.3 Å². The average molecular weight is 259 g/mol. The molecule has 2 rings (SSSR count). The van der Waals surface area contributed by atoms with Crippen molar-refractivity contribution < 1.29 is 14.3 Å². The number of carbonyl (C=O) groups is 1. The van der Waals surface area contributed by atoms with Crippen LogP contribution in [0, 0.1) is 12.7 Å². The summed E-state index contributed by atoms with van der Waals surface area (Å²) in [5.74, 6) is -1.69. The summed E-state index contributed by atoms with van der Waals surface area (Å²) in [6, 6.07) is 11.5. The Balaban J connectivity index is 2.59. The predicted octanol–water partition coefficient (Wildman–Crippen LogP) is 3.60. The number of nitrogens with zero attached hydrogens (tertiary/aromatic N) is 1. The zero-order valence-corrected chi connectivity index (χ0v) is 10.7.